The Balaban J connectivity index is 1.22. The molecule has 1 aromatic carbocycles. The van der Waals surface area contributed by atoms with Crippen LogP contribution in [-0.4, -0.2) is 78.4 Å². The number of hydroxylamine groups is 2. The van der Waals surface area contributed by atoms with E-state index in [1.807, 2.05) is 0 Å². The van der Waals surface area contributed by atoms with Crippen LogP contribution in [0.25, 0.3) is 11.2 Å². The van der Waals surface area contributed by atoms with Gasteiger partial charge in [0.1, 0.15) is 6.04 Å². The highest BCUT2D eigenvalue weighted by Crippen LogP contribution is 2.18. The van der Waals surface area contributed by atoms with Gasteiger partial charge in [-0.2, -0.15) is 4.98 Å². The Labute approximate surface area is 258 Å². The summed E-state index contributed by atoms with van der Waals surface area (Å²) >= 11 is 0. The Bertz CT molecular complexity index is 1790. The van der Waals surface area contributed by atoms with Crippen LogP contribution in [0.1, 0.15) is 54.6 Å². The number of hydrogen-bond donors (Lipinski definition) is 4. The topological polar surface area (TPSA) is 263 Å². The maximum atomic E-state index is 13.0. The first-order valence-corrected chi connectivity index (χ1v) is 14.0. The summed E-state index contributed by atoms with van der Waals surface area (Å²) in [7, 11) is 0. The van der Waals surface area contributed by atoms with Crippen LogP contribution in [0.5, 0.6) is 0 Å². The molecule has 0 bridgehead atoms. The molecule has 18 heteroatoms. The lowest BCUT2D eigenvalue weighted by atomic mass is 10.1. The number of ketones is 2. The smallest absolute Gasteiger partial charge is 0.355 e. The number of ether oxygens (including phenoxy) is 1. The van der Waals surface area contributed by atoms with Gasteiger partial charge >= 0.3 is 11.9 Å². The second-order valence-corrected chi connectivity index (χ2v) is 10.3. The summed E-state index contributed by atoms with van der Waals surface area (Å²) in [5.74, 6) is -5.55. The van der Waals surface area contributed by atoms with Crippen LogP contribution in [0.3, 0.4) is 0 Å². The molecule has 2 aliphatic rings. The average molecular weight is 635 g/mol. The van der Waals surface area contributed by atoms with Crippen molar-refractivity contribution in [2.45, 2.75) is 57.2 Å². The number of amides is 3. The molecule has 1 unspecified atom stereocenters. The Morgan fingerprint density at radius 1 is 0.978 bits per heavy atom. The first-order chi connectivity index (χ1) is 22.0. The summed E-state index contributed by atoms with van der Waals surface area (Å²) in [5.41, 5.74) is 6.16. The highest BCUT2D eigenvalue weighted by atomic mass is 16.7. The third-order valence-corrected chi connectivity index (χ3v) is 6.97. The Hall–Kier alpha value is -6.07. The lowest BCUT2D eigenvalue weighted by molar-refractivity contribution is -0.199. The summed E-state index contributed by atoms with van der Waals surface area (Å²) in [4.78, 5) is 117. The number of nitrogens with one attached hydrogen (secondary N) is 3. The van der Waals surface area contributed by atoms with E-state index in [0.29, 0.717) is 16.4 Å². The highest BCUT2D eigenvalue weighted by Gasteiger charge is 2.38. The molecule has 0 radical (unpaired) electrons. The molecule has 3 heterocycles. The van der Waals surface area contributed by atoms with E-state index in [4.69, 9.17) is 15.3 Å². The van der Waals surface area contributed by atoms with Crippen molar-refractivity contribution in [3.8, 4) is 0 Å². The second-order valence-electron chi connectivity index (χ2n) is 10.3. The number of rotatable bonds is 11. The van der Waals surface area contributed by atoms with E-state index in [-0.39, 0.29) is 54.9 Å². The molecule has 3 amide bonds. The lowest BCUT2D eigenvalue weighted by Crippen LogP contribution is -2.45. The number of carbonyl (C=O) groups is 7. The number of aromatic amines is 1. The zero-order valence-corrected chi connectivity index (χ0v) is 23.9. The van der Waals surface area contributed by atoms with Crippen molar-refractivity contribution in [3.63, 3.8) is 0 Å². The van der Waals surface area contributed by atoms with Crippen LogP contribution >= 0.6 is 0 Å². The summed E-state index contributed by atoms with van der Waals surface area (Å²) in [6.07, 6.45) is -1.38. The Morgan fingerprint density at radius 3 is 2.33 bits per heavy atom. The molecule has 2 aromatic heterocycles. The van der Waals surface area contributed by atoms with Crippen molar-refractivity contribution in [2.75, 3.05) is 11.1 Å². The highest BCUT2D eigenvalue weighted by molar-refractivity contribution is 6.12. The molecular weight excluding hydrogens is 608 g/mol. The number of fused-ring (bicyclic) bond motifs is 1. The van der Waals surface area contributed by atoms with Gasteiger partial charge in [0.05, 0.1) is 18.4 Å². The van der Waals surface area contributed by atoms with Crippen molar-refractivity contribution in [1.82, 2.24) is 30.3 Å². The minimum atomic E-state index is -1.52. The van der Waals surface area contributed by atoms with Crippen LogP contribution < -0.4 is 21.9 Å². The van der Waals surface area contributed by atoms with Crippen LogP contribution in [-0.2, 0) is 44.9 Å². The lowest BCUT2D eigenvalue weighted by Gasteiger charge is -2.20. The van der Waals surface area contributed by atoms with Gasteiger partial charge in [-0.3, -0.25) is 38.5 Å². The number of H-pyrrole nitrogens is 1. The molecule has 1 saturated carbocycles. The quantitative estimate of drug-likeness (QED) is 0.115. The van der Waals surface area contributed by atoms with Crippen LogP contribution in [0, 0.1) is 0 Å². The van der Waals surface area contributed by atoms with Gasteiger partial charge in [-0.05, 0) is 30.7 Å². The van der Waals surface area contributed by atoms with E-state index in [9.17, 15) is 38.4 Å². The third-order valence-electron chi connectivity index (χ3n) is 6.97. The van der Waals surface area contributed by atoms with Crippen molar-refractivity contribution >= 4 is 64.0 Å². The molecule has 238 valence electrons. The Morgan fingerprint density at radius 2 is 1.65 bits per heavy atom. The van der Waals surface area contributed by atoms with E-state index in [2.05, 4.69) is 30.6 Å². The summed E-state index contributed by atoms with van der Waals surface area (Å²) < 4.78 is 4.96. The third kappa shape index (κ3) is 7.17. The van der Waals surface area contributed by atoms with Gasteiger partial charge < -0.3 is 25.9 Å². The molecule has 1 atom stereocenters. The predicted octanol–water partition coefficient (Wildman–Crippen LogP) is -0.763. The number of Topliss-reactive ketones (excluding diaryl/α,β-unsaturated/α-hetero) is 2. The normalized spacial score (nSPS) is 15.7. The van der Waals surface area contributed by atoms with E-state index >= 15 is 0 Å². The number of hydrogen-bond acceptors (Lipinski definition) is 15. The SMILES string of the molecule is Nc1nc2ncc(CNc3ccc(C(=O)NC(CCC(=O)OC4C(=O)CCC4=O)C(=O)ON4C(=O)CCC4=O)cc3)nc2c(=O)[nH]1. The van der Waals surface area contributed by atoms with Gasteiger partial charge in [-0.25, -0.2) is 14.8 Å². The van der Waals surface area contributed by atoms with Crippen molar-refractivity contribution < 1.29 is 43.1 Å². The monoisotopic (exact) mass is 634 g/mol. The fourth-order valence-electron chi connectivity index (χ4n) is 4.56. The van der Waals surface area contributed by atoms with E-state index in [1.54, 1.807) is 12.1 Å². The molecule has 1 aliphatic heterocycles. The average Bonchev–Trinajstić information content (AvgIpc) is 3.52. The number of imide groups is 1. The van der Waals surface area contributed by atoms with Gasteiger partial charge in [-0.1, -0.05) is 0 Å². The summed E-state index contributed by atoms with van der Waals surface area (Å²) in [6, 6.07) is 4.46. The van der Waals surface area contributed by atoms with E-state index in [0.717, 1.165) is 0 Å². The molecule has 1 saturated heterocycles. The molecule has 0 spiro atoms. The van der Waals surface area contributed by atoms with Crippen molar-refractivity contribution in [1.29, 1.82) is 0 Å². The van der Waals surface area contributed by atoms with Crippen molar-refractivity contribution in [2.24, 2.45) is 0 Å². The number of esters is 1. The largest absolute Gasteiger partial charge is 0.446 e. The van der Waals surface area contributed by atoms with Crippen LogP contribution in [0.4, 0.5) is 11.6 Å². The number of nitrogens with zero attached hydrogens (tertiary/aromatic N) is 4. The molecule has 18 nitrogen and oxygen atoms in total. The van der Waals surface area contributed by atoms with Crippen molar-refractivity contribution in [3.05, 3.63) is 52.1 Å². The predicted molar refractivity (Wildman–Crippen MR) is 153 cm³/mol. The molecular formula is C28H26N8O10. The minimum absolute atomic E-state index is 0.0147. The maximum absolute atomic E-state index is 13.0. The summed E-state index contributed by atoms with van der Waals surface area (Å²) in [6.45, 7) is 0.161. The van der Waals surface area contributed by atoms with Gasteiger partial charge in [0.15, 0.2) is 22.7 Å². The molecule has 2 fully saturated rings. The van der Waals surface area contributed by atoms with Gasteiger partial charge in [0.2, 0.25) is 12.1 Å². The molecule has 3 aromatic rings. The first kappa shape index (κ1) is 31.4. The number of carbonyl (C=O) groups excluding carboxylic acids is 7. The van der Waals surface area contributed by atoms with Gasteiger partial charge in [0.25, 0.3) is 23.3 Å². The minimum Gasteiger partial charge on any atom is -0.446 e. The zero-order chi connectivity index (χ0) is 33.0. The molecule has 46 heavy (non-hydrogen) atoms. The van der Waals surface area contributed by atoms with E-state index < -0.39 is 71.8 Å². The number of benzene rings is 1. The standard InChI is InChI=1S/C28H26N8O10/c29-28-34-24-22(26(43)35-28)32-15(12-31-24)11-30-14-3-1-13(2-4-14)25(42)33-16(27(44)46-36-19(39)8-9-20(36)40)5-10-21(41)45-23-17(37)6-7-18(23)38/h1-4,12,16,23,30H,5-11H2,(H,33,42)(H3,29,31,34,35,43). The second kappa shape index (κ2) is 13.3. The van der Waals surface area contributed by atoms with Gasteiger partial charge in [-0.15, -0.1) is 5.06 Å². The number of anilines is 2. The maximum Gasteiger partial charge on any atom is 0.355 e. The van der Waals surface area contributed by atoms with Crippen LogP contribution in [0.2, 0.25) is 0 Å². The molecule has 1 aliphatic carbocycles. The zero-order valence-electron chi connectivity index (χ0n) is 23.9. The fraction of sp³-hybridized carbons (Fsp3) is 0.321. The molecule has 5 rings (SSSR count). The first-order valence-electron chi connectivity index (χ1n) is 14.0. The number of nitrogens with two attached hydrogens (primary N) is 1. The van der Waals surface area contributed by atoms with Crippen LogP contribution in [0.15, 0.2) is 35.3 Å². The molecule has 5 N–H and O–H groups in total. The van der Waals surface area contributed by atoms with E-state index in [1.165, 1.54) is 18.3 Å². The number of aromatic nitrogens is 4. The van der Waals surface area contributed by atoms with Gasteiger partial charge in [0, 0.05) is 43.4 Å². The summed E-state index contributed by atoms with van der Waals surface area (Å²) in [5, 5.41) is 5.78. The number of nitrogen functional groups attached to an aromatic ring is 1. The fourth-order valence-corrected chi connectivity index (χ4v) is 4.56. The Kier molecular flexibility index (Phi) is 9.06.